The van der Waals surface area contributed by atoms with E-state index in [1.165, 1.54) is 5.56 Å². The highest BCUT2D eigenvalue weighted by molar-refractivity contribution is 9.10. The number of ether oxygens (including phenoxy) is 1. The van der Waals surface area contributed by atoms with Crippen LogP contribution in [-0.4, -0.2) is 4.98 Å². The molecule has 3 heteroatoms. The average molecular weight is 292 g/mol. The Labute approximate surface area is 110 Å². The Kier molecular flexibility index (Phi) is 3.79. The minimum Gasteiger partial charge on any atom is -0.489 e. The molecule has 88 valence electrons. The van der Waals surface area contributed by atoms with Crippen molar-refractivity contribution < 1.29 is 4.74 Å². The third kappa shape index (κ3) is 3.30. The van der Waals surface area contributed by atoms with Crippen LogP contribution < -0.4 is 4.74 Å². The van der Waals surface area contributed by atoms with Crippen LogP contribution in [0.2, 0.25) is 0 Å². The third-order valence-electron chi connectivity index (χ3n) is 2.47. The summed E-state index contributed by atoms with van der Waals surface area (Å²) in [6, 6.07) is 8.06. The fraction of sp³-hybridized carbons (Fsp3) is 0.214. The van der Waals surface area contributed by atoms with Crippen molar-refractivity contribution in [2.75, 3.05) is 0 Å². The fourth-order valence-electron chi connectivity index (χ4n) is 1.57. The van der Waals surface area contributed by atoms with Gasteiger partial charge >= 0.3 is 0 Å². The molecule has 0 amide bonds. The van der Waals surface area contributed by atoms with Gasteiger partial charge in [-0.1, -0.05) is 15.9 Å². The first-order chi connectivity index (χ1) is 8.15. The number of rotatable bonds is 3. The van der Waals surface area contributed by atoms with Crippen LogP contribution in [0.4, 0.5) is 0 Å². The predicted molar refractivity (Wildman–Crippen MR) is 72.2 cm³/mol. The first-order valence-electron chi connectivity index (χ1n) is 5.44. The molecular weight excluding hydrogens is 278 g/mol. The number of benzene rings is 1. The van der Waals surface area contributed by atoms with E-state index < -0.39 is 0 Å². The number of pyridine rings is 1. The van der Waals surface area contributed by atoms with E-state index in [1.807, 2.05) is 44.4 Å². The van der Waals surface area contributed by atoms with Crippen molar-refractivity contribution >= 4 is 15.9 Å². The lowest BCUT2D eigenvalue weighted by molar-refractivity contribution is 0.305. The molecule has 0 atom stereocenters. The monoisotopic (exact) mass is 291 g/mol. The number of halogens is 1. The summed E-state index contributed by atoms with van der Waals surface area (Å²) in [5.74, 6) is 0.882. The minimum absolute atomic E-state index is 0.551. The van der Waals surface area contributed by atoms with Gasteiger partial charge in [0.2, 0.25) is 0 Å². The van der Waals surface area contributed by atoms with Crippen LogP contribution in [-0.2, 0) is 6.61 Å². The lowest BCUT2D eigenvalue weighted by Crippen LogP contribution is -1.96. The number of aromatic nitrogens is 1. The van der Waals surface area contributed by atoms with Crippen LogP contribution in [0.15, 0.2) is 41.1 Å². The molecule has 0 fully saturated rings. The van der Waals surface area contributed by atoms with Gasteiger partial charge in [0, 0.05) is 22.4 Å². The molecule has 2 aromatic rings. The summed E-state index contributed by atoms with van der Waals surface area (Å²) >= 11 is 3.47. The van der Waals surface area contributed by atoms with Crippen molar-refractivity contribution in [3.8, 4) is 5.75 Å². The number of aryl methyl sites for hydroxylation is 2. The Hall–Kier alpha value is -1.35. The van der Waals surface area contributed by atoms with Crippen molar-refractivity contribution in [3.63, 3.8) is 0 Å². The first kappa shape index (κ1) is 12.1. The lowest BCUT2D eigenvalue weighted by atomic mass is 10.2. The maximum Gasteiger partial charge on any atom is 0.120 e. The smallest absolute Gasteiger partial charge is 0.120 e. The molecule has 2 nitrogen and oxygen atoms in total. The molecule has 2 rings (SSSR count). The highest BCUT2D eigenvalue weighted by Crippen LogP contribution is 2.22. The fourth-order valence-corrected chi connectivity index (χ4v) is 1.82. The van der Waals surface area contributed by atoms with E-state index in [-0.39, 0.29) is 0 Å². The SMILES string of the molecule is Cc1cncc(COc2ccc(Br)c(C)c2)c1. The van der Waals surface area contributed by atoms with Gasteiger partial charge in [0.05, 0.1) is 0 Å². The molecule has 0 saturated carbocycles. The second kappa shape index (κ2) is 5.32. The summed E-state index contributed by atoms with van der Waals surface area (Å²) in [6.45, 7) is 4.63. The number of hydrogen-bond acceptors (Lipinski definition) is 2. The topological polar surface area (TPSA) is 22.1 Å². The highest BCUT2D eigenvalue weighted by atomic mass is 79.9. The van der Waals surface area contributed by atoms with E-state index in [2.05, 4.69) is 27.0 Å². The van der Waals surface area contributed by atoms with E-state index in [1.54, 1.807) is 0 Å². The predicted octanol–water partition coefficient (Wildman–Crippen LogP) is 4.04. The van der Waals surface area contributed by atoms with Crippen molar-refractivity contribution in [3.05, 3.63) is 57.8 Å². The molecule has 0 radical (unpaired) electrons. The summed E-state index contributed by atoms with van der Waals surface area (Å²) in [5, 5.41) is 0. The van der Waals surface area contributed by atoms with Crippen molar-refractivity contribution in [1.29, 1.82) is 0 Å². The Morgan fingerprint density at radius 2 is 2.00 bits per heavy atom. The molecule has 1 heterocycles. The zero-order chi connectivity index (χ0) is 12.3. The molecule has 0 aliphatic rings. The standard InChI is InChI=1S/C14H14BrNO/c1-10-5-12(8-16-7-10)9-17-13-3-4-14(15)11(2)6-13/h3-8H,9H2,1-2H3. The largest absolute Gasteiger partial charge is 0.489 e. The molecule has 0 N–H and O–H groups in total. The molecular formula is C14H14BrNO. The quantitative estimate of drug-likeness (QED) is 0.851. The normalized spacial score (nSPS) is 10.3. The molecule has 0 saturated heterocycles. The first-order valence-corrected chi connectivity index (χ1v) is 6.24. The van der Waals surface area contributed by atoms with Crippen LogP contribution >= 0.6 is 15.9 Å². The van der Waals surface area contributed by atoms with E-state index >= 15 is 0 Å². The maximum atomic E-state index is 5.72. The van der Waals surface area contributed by atoms with Crippen molar-refractivity contribution in [2.24, 2.45) is 0 Å². The molecule has 0 unspecified atom stereocenters. The molecule has 17 heavy (non-hydrogen) atoms. The Bertz CT molecular complexity index is 525. The van der Waals surface area contributed by atoms with Gasteiger partial charge in [0.15, 0.2) is 0 Å². The van der Waals surface area contributed by atoms with Gasteiger partial charge in [-0.15, -0.1) is 0 Å². The van der Waals surface area contributed by atoms with Gasteiger partial charge in [-0.2, -0.15) is 0 Å². The zero-order valence-corrected chi connectivity index (χ0v) is 11.5. The molecule has 0 bridgehead atoms. The van der Waals surface area contributed by atoms with Gasteiger partial charge in [0.25, 0.3) is 0 Å². The van der Waals surface area contributed by atoms with E-state index in [0.717, 1.165) is 21.3 Å². The summed E-state index contributed by atoms with van der Waals surface area (Å²) in [7, 11) is 0. The summed E-state index contributed by atoms with van der Waals surface area (Å²) in [6.07, 6.45) is 3.67. The van der Waals surface area contributed by atoms with Crippen LogP contribution in [0.1, 0.15) is 16.7 Å². The highest BCUT2D eigenvalue weighted by Gasteiger charge is 1.99. The molecule has 1 aromatic heterocycles. The Morgan fingerprint density at radius 1 is 1.18 bits per heavy atom. The van der Waals surface area contributed by atoms with Crippen LogP contribution in [0.5, 0.6) is 5.75 Å². The van der Waals surface area contributed by atoms with Gasteiger partial charge in [-0.05, 0) is 49.2 Å². The van der Waals surface area contributed by atoms with E-state index in [4.69, 9.17) is 4.74 Å². The summed E-state index contributed by atoms with van der Waals surface area (Å²) in [4.78, 5) is 4.14. The summed E-state index contributed by atoms with van der Waals surface area (Å²) < 4.78 is 6.82. The molecule has 1 aromatic carbocycles. The van der Waals surface area contributed by atoms with Crippen molar-refractivity contribution in [2.45, 2.75) is 20.5 Å². The van der Waals surface area contributed by atoms with Gasteiger partial charge in [-0.3, -0.25) is 4.98 Å². The lowest BCUT2D eigenvalue weighted by Gasteiger charge is -2.08. The van der Waals surface area contributed by atoms with Crippen LogP contribution in [0.25, 0.3) is 0 Å². The van der Waals surface area contributed by atoms with E-state index in [0.29, 0.717) is 6.61 Å². The summed E-state index contributed by atoms with van der Waals surface area (Å²) in [5.41, 5.74) is 3.41. The van der Waals surface area contributed by atoms with E-state index in [9.17, 15) is 0 Å². The zero-order valence-electron chi connectivity index (χ0n) is 9.90. The van der Waals surface area contributed by atoms with Gasteiger partial charge in [0.1, 0.15) is 12.4 Å². The molecule has 0 aliphatic heterocycles. The van der Waals surface area contributed by atoms with Crippen molar-refractivity contribution in [1.82, 2.24) is 4.98 Å². The second-order valence-electron chi connectivity index (χ2n) is 4.07. The maximum absolute atomic E-state index is 5.72. The number of hydrogen-bond donors (Lipinski definition) is 0. The van der Waals surface area contributed by atoms with Crippen LogP contribution in [0.3, 0.4) is 0 Å². The number of nitrogens with zero attached hydrogens (tertiary/aromatic N) is 1. The minimum atomic E-state index is 0.551. The van der Waals surface area contributed by atoms with Gasteiger partial charge in [-0.25, -0.2) is 0 Å². The van der Waals surface area contributed by atoms with Crippen LogP contribution in [0, 0.1) is 13.8 Å². The average Bonchev–Trinajstić information content (AvgIpc) is 2.31. The molecule has 0 spiro atoms. The Balaban J connectivity index is 2.05. The third-order valence-corrected chi connectivity index (χ3v) is 3.36. The van der Waals surface area contributed by atoms with Gasteiger partial charge < -0.3 is 4.74 Å². The Morgan fingerprint density at radius 3 is 2.71 bits per heavy atom. The molecule has 0 aliphatic carbocycles. The second-order valence-corrected chi connectivity index (χ2v) is 4.92.